The van der Waals surface area contributed by atoms with Crippen molar-refractivity contribution in [3.05, 3.63) is 6.92 Å². The van der Waals surface area contributed by atoms with Gasteiger partial charge in [0.15, 0.2) is 0 Å². The molecule has 0 atom stereocenters. The van der Waals surface area contributed by atoms with Gasteiger partial charge in [0.1, 0.15) is 0 Å². The molecule has 0 aliphatic rings. The van der Waals surface area contributed by atoms with Crippen LogP contribution >= 0.6 is 0 Å². The molecule has 17 heavy (non-hydrogen) atoms. The van der Waals surface area contributed by atoms with Crippen molar-refractivity contribution >= 4 is 0 Å². The lowest BCUT2D eigenvalue weighted by Crippen LogP contribution is -2.26. The van der Waals surface area contributed by atoms with Crippen molar-refractivity contribution in [2.24, 2.45) is 5.73 Å². The minimum absolute atomic E-state index is 0.591. The second-order valence-corrected chi connectivity index (χ2v) is 4.64. The highest BCUT2D eigenvalue weighted by Crippen LogP contribution is 2.07. The molecule has 0 aromatic heterocycles. The highest BCUT2D eigenvalue weighted by Gasteiger charge is 1.92. The van der Waals surface area contributed by atoms with Gasteiger partial charge in [-0.3, -0.25) is 0 Å². The van der Waals surface area contributed by atoms with E-state index in [2.05, 4.69) is 17.6 Å². The summed E-state index contributed by atoms with van der Waals surface area (Å²) in [6.45, 7) is 7.75. The van der Waals surface area contributed by atoms with E-state index in [0.29, 0.717) is 6.67 Å². The average Bonchev–Trinajstić information content (AvgIpc) is 2.35. The van der Waals surface area contributed by atoms with Gasteiger partial charge in [0, 0.05) is 6.67 Å². The van der Waals surface area contributed by atoms with E-state index >= 15 is 0 Å². The van der Waals surface area contributed by atoms with Crippen LogP contribution in [0.25, 0.3) is 0 Å². The Hall–Kier alpha value is -0.120. The van der Waals surface area contributed by atoms with E-state index in [4.69, 9.17) is 5.73 Å². The Bertz CT molecular complexity index is 115. The molecule has 3 heteroatoms. The topological polar surface area (TPSA) is 50.1 Å². The fourth-order valence-corrected chi connectivity index (χ4v) is 1.88. The maximum atomic E-state index is 5.33. The summed E-state index contributed by atoms with van der Waals surface area (Å²) in [5.74, 6) is 0. The molecule has 0 heterocycles. The minimum Gasteiger partial charge on any atom is -0.318 e. The predicted molar refractivity (Wildman–Crippen MR) is 76.8 cm³/mol. The molecule has 3 nitrogen and oxygen atoms in total. The van der Waals surface area contributed by atoms with Gasteiger partial charge in [-0.05, 0) is 32.5 Å². The molecule has 0 fully saturated rings. The van der Waals surface area contributed by atoms with E-state index in [1.54, 1.807) is 0 Å². The molecule has 0 spiro atoms. The lowest BCUT2D eigenvalue weighted by Gasteiger charge is -2.05. The summed E-state index contributed by atoms with van der Waals surface area (Å²) < 4.78 is 0. The number of hydrogen-bond acceptors (Lipinski definition) is 3. The van der Waals surface area contributed by atoms with Crippen LogP contribution in [0.1, 0.15) is 57.8 Å². The Morgan fingerprint density at radius 2 is 1.18 bits per heavy atom. The number of hydrogen-bond donors (Lipinski definition) is 3. The summed E-state index contributed by atoms with van der Waals surface area (Å²) in [5, 5.41) is 6.58. The molecule has 0 aromatic rings. The first kappa shape index (κ1) is 16.9. The first-order chi connectivity index (χ1) is 8.41. The zero-order chi connectivity index (χ0) is 12.6. The van der Waals surface area contributed by atoms with E-state index in [1.807, 2.05) is 0 Å². The summed E-state index contributed by atoms with van der Waals surface area (Å²) in [6, 6.07) is 0. The van der Waals surface area contributed by atoms with Gasteiger partial charge in [-0.1, -0.05) is 51.9 Å². The Morgan fingerprint density at radius 1 is 0.647 bits per heavy atom. The van der Waals surface area contributed by atoms with E-state index in [9.17, 15) is 0 Å². The van der Waals surface area contributed by atoms with Gasteiger partial charge in [-0.15, -0.1) is 0 Å². The van der Waals surface area contributed by atoms with Gasteiger partial charge in [0.05, 0.1) is 0 Å². The standard InChI is InChI=1S/C14H32N3/c1-2-3-4-5-6-7-8-9-11-16-12-10-13-17-14-15/h16-17H,1-15H2. The Labute approximate surface area is 108 Å². The summed E-state index contributed by atoms with van der Waals surface area (Å²) >= 11 is 0. The average molecular weight is 242 g/mol. The van der Waals surface area contributed by atoms with E-state index in [1.165, 1.54) is 57.9 Å². The van der Waals surface area contributed by atoms with Crippen molar-refractivity contribution in [2.75, 3.05) is 26.3 Å². The molecule has 0 rings (SSSR count). The van der Waals surface area contributed by atoms with Crippen LogP contribution in [0.5, 0.6) is 0 Å². The van der Waals surface area contributed by atoms with E-state index < -0.39 is 0 Å². The molecule has 0 saturated carbocycles. The van der Waals surface area contributed by atoms with Gasteiger partial charge >= 0.3 is 0 Å². The Kier molecular flexibility index (Phi) is 15.8. The molecular weight excluding hydrogens is 210 g/mol. The first-order valence-electron chi connectivity index (χ1n) is 7.32. The molecular formula is C14H32N3. The first-order valence-corrected chi connectivity index (χ1v) is 7.32. The molecule has 4 N–H and O–H groups in total. The summed E-state index contributed by atoms with van der Waals surface area (Å²) in [5.41, 5.74) is 5.33. The lowest BCUT2D eigenvalue weighted by atomic mass is 10.1. The fourth-order valence-electron chi connectivity index (χ4n) is 1.88. The van der Waals surface area contributed by atoms with Gasteiger partial charge in [0.2, 0.25) is 0 Å². The van der Waals surface area contributed by atoms with Crippen LogP contribution in [-0.2, 0) is 0 Å². The molecule has 0 aliphatic carbocycles. The molecule has 0 amide bonds. The Balaban J connectivity index is 2.85. The quantitative estimate of drug-likeness (QED) is 0.324. The predicted octanol–water partition coefficient (Wildman–Crippen LogP) is 2.43. The van der Waals surface area contributed by atoms with Crippen LogP contribution in [0.3, 0.4) is 0 Å². The van der Waals surface area contributed by atoms with Gasteiger partial charge < -0.3 is 16.4 Å². The highest BCUT2D eigenvalue weighted by atomic mass is 15.0. The monoisotopic (exact) mass is 242 g/mol. The largest absolute Gasteiger partial charge is 0.318 e. The maximum absolute atomic E-state index is 5.33. The number of unbranched alkanes of at least 4 members (excludes halogenated alkanes) is 7. The summed E-state index contributed by atoms with van der Waals surface area (Å²) in [6.07, 6.45) is 11.8. The molecule has 1 radical (unpaired) electrons. The van der Waals surface area contributed by atoms with Crippen molar-refractivity contribution in [3.63, 3.8) is 0 Å². The lowest BCUT2D eigenvalue weighted by molar-refractivity contribution is 0.546. The number of rotatable bonds is 14. The highest BCUT2D eigenvalue weighted by molar-refractivity contribution is 4.52. The molecule has 103 valence electrons. The minimum atomic E-state index is 0.591. The van der Waals surface area contributed by atoms with E-state index in [-0.39, 0.29) is 0 Å². The second kappa shape index (κ2) is 15.9. The zero-order valence-corrected chi connectivity index (χ0v) is 11.5. The molecule has 0 unspecified atom stereocenters. The van der Waals surface area contributed by atoms with Crippen LogP contribution in [0.2, 0.25) is 0 Å². The molecule has 0 aliphatic heterocycles. The summed E-state index contributed by atoms with van der Waals surface area (Å²) in [7, 11) is 0. The fraction of sp³-hybridized carbons (Fsp3) is 0.929. The third kappa shape index (κ3) is 15.9. The van der Waals surface area contributed by atoms with Crippen LogP contribution in [0, 0.1) is 6.92 Å². The molecule has 0 bridgehead atoms. The van der Waals surface area contributed by atoms with Gasteiger partial charge in [0.25, 0.3) is 0 Å². The van der Waals surface area contributed by atoms with Gasteiger partial charge in [-0.25, -0.2) is 0 Å². The number of nitrogens with two attached hydrogens (primary N) is 1. The van der Waals surface area contributed by atoms with Crippen LogP contribution in [-0.4, -0.2) is 26.3 Å². The molecule has 0 aromatic carbocycles. The van der Waals surface area contributed by atoms with Crippen molar-refractivity contribution in [1.82, 2.24) is 10.6 Å². The van der Waals surface area contributed by atoms with Crippen molar-refractivity contribution in [1.29, 1.82) is 0 Å². The summed E-state index contributed by atoms with van der Waals surface area (Å²) in [4.78, 5) is 0. The smallest absolute Gasteiger partial charge is 0.0428 e. The van der Waals surface area contributed by atoms with E-state index in [0.717, 1.165) is 19.5 Å². The van der Waals surface area contributed by atoms with Crippen molar-refractivity contribution in [3.8, 4) is 0 Å². The van der Waals surface area contributed by atoms with Gasteiger partial charge in [-0.2, -0.15) is 0 Å². The van der Waals surface area contributed by atoms with Crippen LogP contribution in [0.4, 0.5) is 0 Å². The number of nitrogens with one attached hydrogen (secondary N) is 2. The second-order valence-electron chi connectivity index (χ2n) is 4.64. The third-order valence-electron chi connectivity index (χ3n) is 2.95. The third-order valence-corrected chi connectivity index (χ3v) is 2.95. The normalized spacial score (nSPS) is 10.9. The van der Waals surface area contributed by atoms with Crippen molar-refractivity contribution < 1.29 is 0 Å². The molecule has 0 saturated heterocycles. The Morgan fingerprint density at radius 3 is 1.82 bits per heavy atom. The van der Waals surface area contributed by atoms with Crippen LogP contribution < -0.4 is 16.4 Å². The zero-order valence-electron chi connectivity index (χ0n) is 11.5. The van der Waals surface area contributed by atoms with Crippen molar-refractivity contribution in [2.45, 2.75) is 57.8 Å². The SMILES string of the molecule is [CH2]CCCCCCCCCNCCCNCN. The maximum Gasteiger partial charge on any atom is 0.0428 e. The van der Waals surface area contributed by atoms with Crippen LogP contribution in [0.15, 0.2) is 0 Å².